The molecule has 1 heterocycles. The lowest BCUT2D eigenvalue weighted by Crippen LogP contribution is -1.95. The molecule has 2 rings (SSSR count). The average Bonchev–Trinajstić information content (AvgIpc) is 2.32. The molecule has 2 nitrogen and oxygen atoms in total. The largest absolute Gasteiger partial charge is 0.389 e. The van der Waals surface area contributed by atoms with Crippen LogP contribution < -0.4 is 0 Å². The number of halogens is 1. The lowest BCUT2D eigenvalue weighted by molar-refractivity contribution is 0.196. The van der Waals surface area contributed by atoms with E-state index in [1.54, 1.807) is 19.2 Å². The third kappa shape index (κ3) is 3.05. The van der Waals surface area contributed by atoms with E-state index in [9.17, 15) is 9.50 Å². The third-order valence-corrected chi connectivity index (χ3v) is 3.32. The van der Waals surface area contributed by atoms with Gasteiger partial charge in [0.1, 0.15) is 10.8 Å². The summed E-state index contributed by atoms with van der Waals surface area (Å²) in [5.41, 5.74) is 0.584. The van der Waals surface area contributed by atoms with Crippen molar-refractivity contribution in [2.45, 2.75) is 22.9 Å². The highest BCUT2D eigenvalue weighted by atomic mass is 32.2. The predicted molar refractivity (Wildman–Crippen MR) is 65.4 cm³/mol. The first kappa shape index (κ1) is 12.1. The lowest BCUT2D eigenvalue weighted by Gasteiger charge is -2.11. The third-order valence-electron chi connectivity index (χ3n) is 2.27. The number of hydrogen-bond acceptors (Lipinski definition) is 3. The first-order chi connectivity index (χ1) is 8.16. The highest BCUT2D eigenvalue weighted by molar-refractivity contribution is 7.99. The van der Waals surface area contributed by atoms with Gasteiger partial charge in [-0.2, -0.15) is 0 Å². The van der Waals surface area contributed by atoms with Crippen LogP contribution in [-0.4, -0.2) is 10.1 Å². The Hall–Kier alpha value is -1.39. The van der Waals surface area contributed by atoms with Crippen LogP contribution in [0.4, 0.5) is 4.39 Å². The number of pyridine rings is 1. The summed E-state index contributed by atoms with van der Waals surface area (Å²) < 4.78 is 13.1. The van der Waals surface area contributed by atoms with Crippen LogP contribution in [0.25, 0.3) is 0 Å². The molecule has 0 radical (unpaired) electrons. The zero-order valence-electron chi connectivity index (χ0n) is 9.30. The fourth-order valence-electron chi connectivity index (χ4n) is 1.46. The number of nitrogens with zero attached hydrogens (tertiary/aromatic N) is 1. The van der Waals surface area contributed by atoms with Gasteiger partial charge in [-0.15, -0.1) is 0 Å². The Morgan fingerprint density at radius 3 is 2.76 bits per heavy atom. The molecule has 1 N–H and O–H groups in total. The number of aliphatic hydroxyl groups is 1. The summed E-state index contributed by atoms with van der Waals surface area (Å²) >= 11 is 1.41. The molecule has 0 saturated carbocycles. The Kier molecular flexibility index (Phi) is 3.76. The summed E-state index contributed by atoms with van der Waals surface area (Å²) in [6.07, 6.45) is 1.00. The van der Waals surface area contributed by atoms with Gasteiger partial charge in [0.25, 0.3) is 0 Å². The summed E-state index contributed by atoms with van der Waals surface area (Å²) in [7, 11) is 0. The summed E-state index contributed by atoms with van der Waals surface area (Å²) in [4.78, 5) is 5.00. The molecule has 1 aromatic carbocycles. The molecule has 0 aliphatic carbocycles. The van der Waals surface area contributed by atoms with E-state index in [0.717, 1.165) is 9.92 Å². The van der Waals surface area contributed by atoms with Crippen LogP contribution in [0, 0.1) is 5.82 Å². The van der Waals surface area contributed by atoms with Crippen LogP contribution in [0.1, 0.15) is 18.6 Å². The number of hydrogen-bond donors (Lipinski definition) is 1. The van der Waals surface area contributed by atoms with Crippen molar-refractivity contribution >= 4 is 11.8 Å². The molecule has 0 saturated heterocycles. The first-order valence-electron chi connectivity index (χ1n) is 5.23. The summed E-state index contributed by atoms with van der Waals surface area (Å²) in [5, 5.41) is 10.4. The normalized spacial score (nSPS) is 12.4. The summed E-state index contributed by atoms with van der Waals surface area (Å²) in [6, 6.07) is 10.0. The van der Waals surface area contributed by atoms with E-state index in [1.807, 2.05) is 18.2 Å². The molecule has 0 aliphatic heterocycles. The molecule has 88 valence electrons. The zero-order valence-corrected chi connectivity index (χ0v) is 10.1. The van der Waals surface area contributed by atoms with Gasteiger partial charge >= 0.3 is 0 Å². The molecule has 0 bridgehead atoms. The van der Waals surface area contributed by atoms with E-state index >= 15 is 0 Å². The fraction of sp³-hybridized carbons (Fsp3) is 0.154. The van der Waals surface area contributed by atoms with E-state index in [4.69, 9.17) is 0 Å². The smallest absolute Gasteiger partial charge is 0.123 e. The van der Waals surface area contributed by atoms with Crippen LogP contribution in [0.5, 0.6) is 0 Å². The Balaban J connectivity index is 2.33. The Bertz CT molecular complexity index is 502. The maximum Gasteiger partial charge on any atom is 0.123 e. The van der Waals surface area contributed by atoms with E-state index in [2.05, 4.69) is 4.98 Å². The van der Waals surface area contributed by atoms with Crippen molar-refractivity contribution in [3.63, 3.8) is 0 Å². The average molecular weight is 249 g/mol. The number of rotatable bonds is 3. The van der Waals surface area contributed by atoms with Crippen molar-refractivity contribution in [2.24, 2.45) is 0 Å². The van der Waals surface area contributed by atoms with Crippen molar-refractivity contribution in [1.29, 1.82) is 0 Å². The Labute approximate surface area is 104 Å². The minimum atomic E-state index is -0.697. The van der Waals surface area contributed by atoms with Gasteiger partial charge in [-0.05, 0) is 42.8 Å². The molecule has 0 unspecified atom stereocenters. The monoisotopic (exact) mass is 249 g/mol. The Morgan fingerprint density at radius 2 is 2.12 bits per heavy atom. The van der Waals surface area contributed by atoms with Gasteiger partial charge in [0.2, 0.25) is 0 Å². The van der Waals surface area contributed by atoms with Crippen molar-refractivity contribution < 1.29 is 9.50 Å². The first-order valence-corrected chi connectivity index (χ1v) is 6.05. The van der Waals surface area contributed by atoms with E-state index in [-0.39, 0.29) is 5.82 Å². The fourth-order valence-corrected chi connectivity index (χ4v) is 2.43. The molecule has 4 heteroatoms. The van der Waals surface area contributed by atoms with E-state index < -0.39 is 6.10 Å². The second-order valence-corrected chi connectivity index (χ2v) is 4.69. The summed E-state index contributed by atoms with van der Waals surface area (Å²) in [5.74, 6) is -0.341. The molecular formula is C13H12FNOS. The highest BCUT2D eigenvalue weighted by Gasteiger charge is 2.10. The van der Waals surface area contributed by atoms with Crippen LogP contribution in [0.15, 0.2) is 52.5 Å². The van der Waals surface area contributed by atoms with Gasteiger partial charge in [0, 0.05) is 11.1 Å². The molecule has 1 aromatic heterocycles. The van der Waals surface area contributed by atoms with Crippen LogP contribution >= 0.6 is 11.8 Å². The number of aliphatic hydroxyl groups excluding tert-OH is 1. The number of benzene rings is 1. The number of aromatic nitrogens is 1. The maximum atomic E-state index is 13.1. The van der Waals surface area contributed by atoms with Gasteiger partial charge < -0.3 is 5.11 Å². The van der Waals surface area contributed by atoms with Crippen molar-refractivity contribution in [1.82, 2.24) is 4.98 Å². The van der Waals surface area contributed by atoms with Gasteiger partial charge in [-0.1, -0.05) is 17.8 Å². The van der Waals surface area contributed by atoms with Gasteiger partial charge in [-0.3, -0.25) is 0 Å². The van der Waals surface area contributed by atoms with Crippen LogP contribution in [0.3, 0.4) is 0 Å². The molecule has 0 fully saturated rings. The van der Waals surface area contributed by atoms with Gasteiger partial charge in [-0.25, -0.2) is 9.37 Å². The van der Waals surface area contributed by atoms with E-state index in [1.165, 1.54) is 23.9 Å². The second-order valence-electron chi connectivity index (χ2n) is 3.63. The molecule has 0 aliphatic rings. The zero-order chi connectivity index (χ0) is 12.3. The van der Waals surface area contributed by atoms with Gasteiger partial charge in [0.05, 0.1) is 6.10 Å². The second kappa shape index (κ2) is 5.29. The molecule has 2 aromatic rings. The van der Waals surface area contributed by atoms with Crippen LogP contribution in [0.2, 0.25) is 0 Å². The van der Waals surface area contributed by atoms with Crippen molar-refractivity contribution in [2.75, 3.05) is 0 Å². The van der Waals surface area contributed by atoms with Crippen LogP contribution in [-0.2, 0) is 0 Å². The predicted octanol–water partition coefficient (Wildman–Crippen LogP) is 3.43. The van der Waals surface area contributed by atoms with E-state index in [0.29, 0.717) is 5.56 Å². The maximum absolute atomic E-state index is 13.1. The molecule has 0 spiro atoms. The molecule has 0 amide bonds. The lowest BCUT2D eigenvalue weighted by atomic mass is 10.1. The molecule has 1 atom stereocenters. The molecular weight excluding hydrogens is 237 g/mol. The topological polar surface area (TPSA) is 33.1 Å². The minimum absolute atomic E-state index is 0.341. The Morgan fingerprint density at radius 1 is 1.29 bits per heavy atom. The molecule has 17 heavy (non-hydrogen) atoms. The highest BCUT2D eigenvalue weighted by Crippen LogP contribution is 2.32. The minimum Gasteiger partial charge on any atom is -0.389 e. The van der Waals surface area contributed by atoms with Crippen molar-refractivity contribution in [3.8, 4) is 0 Å². The SMILES string of the molecule is C[C@@H](O)c1cc(F)ccc1Sc1ccccn1. The summed E-state index contributed by atoms with van der Waals surface area (Å²) in [6.45, 7) is 1.62. The standard InChI is InChI=1S/C13H12FNOS/c1-9(16)11-8-10(14)5-6-12(11)17-13-4-2-3-7-15-13/h2-9,16H,1H3/t9-/m1/s1. The van der Waals surface area contributed by atoms with Gasteiger partial charge in [0.15, 0.2) is 0 Å². The van der Waals surface area contributed by atoms with Crippen molar-refractivity contribution in [3.05, 3.63) is 54.0 Å². The quantitative estimate of drug-likeness (QED) is 0.904.